The van der Waals surface area contributed by atoms with Crippen LogP contribution in [0.5, 0.6) is 0 Å². The number of halogens is 1. The lowest BCUT2D eigenvalue weighted by Gasteiger charge is -2.28. The molecule has 0 aliphatic rings. The Kier molecular flexibility index (Phi) is 14.4. The second kappa shape index (κ2) is 13.5. The van der Waals surface area contributed by atoms with Gasteiger partial charge in [-0.2, -0.15) is 0 Å². The Bertz CT molecular complexity index is 407. The molecular formula is C17H33ClN2O4. The van der Waals surface area contributed by atoms with Crippen molar-refractivity contribution in [2.75, 3.05) is 26.4 Å². The molecule has 0 aliphatic heterocycles. The molecule has 142 valence electrons. The summed E-state index contributed by atoms with van der Waals surface area (Å²) in [6, 6.07) is 10.0. The number of rotatable bonds is 9. The van der Waals surface area contributed by atoms with E-state index in [4.69, 9.17) is 21.1 Å². The molecule has 0 fully saturated rings. The monoisotopic (exact) mass is 364 g/mol. The second-order valence-electron chi connectivity index (χ2n) is 6.32. The molecule has 0 saturated heterocycles. The van der Waals surface area contributed by atoms with Crippen molar-refractivity contribution in [3.63, 3.8) is 0 Å². The average molecular weight is 365 g/mol. The highest BCUT2D eigenvalue weighted by molar-refractivity contribution is 5.85. The van der Waals surface area contributed by atoms with Crippen molar-refractivity contribution < 1.29 is 20.4 Å². The SMILES string of the molecule is CC(CO)(CCO)NCc1ccccc1.CC(N)(CO)CCO.Cl. The highest BCUT2D eigenvalue weighted by atomic mass is 35.5. The molecule has 1 aromatic carbocycles. The summed E-state index contributed by atoms with van der Waals surface area (Å²) < 4.78 is 0. The Balaban J connectivity index is 0. The van der Waals surface area contributed by atoms with Gasteiger partial charge in [0.2, 0.25) is 0 Å². The van der Waals surface area contributed by atoms with E-state index in [1.54, 1.807) is 6.92 Å². The number of nitrogens with one attached hydrogen (secondary N) is 1. The molecule has 0 saturated carbocycles. The summed E-state index contributed by atoms with van der Waals surface area (Å²) in [6.45, 7) is 4.38. The molecule has 0 aliphatic carbocycles. The van der Waals surface area contributed by atoms with E-state index in [1.807, 2.05) is 37.3 Å². The van der Waals surface area contributed by atoms with Gasteiger partial charge in [0.25, 0.3) is 0 Å². The molecule has 7 N–H and O–H groups in total. The first-order valence-corrected chi connectivity index (χ1v) is 7.84. The summed E-state index contributed by atoms with van der Waals surface area (Å²) in [5, 5.41) is 38.2. The number of hydrogen-bond acceptors (Lipinski definition) is 6. The first-order valence-electron chi connectivity index (χ1n) is 7.84. The van der Waals surface area contributed by atoms with Crippen LogP contribution in [0.3, 0.4) is 0 Å². The quantitative estimate of drug-likeness (QED) is 0.378. The minimum Gasteiger partial charge on any atom is -0.396 e. The lowest BCUT2D eigenvalue weighted by molar-refractivity contribution is 0.137. The van der Waals surface area contributed by atoms with E-state index < -0.39 is 11.1 Å². The van der Waals surface area contributed by atoms with Crippen LogP contribution in [0.15, 0.2) is 30.3 Å². The first-order chi connectivity index (χ1) is 10.8. The van der Waals surface area contributed by atoms with Gasteiger partial charge in [0.1, 0.15) is 0 Å². The summed E-state index contributed by atoms with van der Waals surface area (Å²) in [5.74, 6) is 0. The Morgan fingerprint density at radius 2 is 1.46 bits per heavy atom. The number of aliphatic hydroxyl groups is 4. The van der Waals surface area contributed by atoms with Crippen LogP contribution in [0.25, 0.3) is 0 Å². The van der Waals surface area contributed by atoms with Gasteiger partial charge < -0.3 is 31.5 Å². The predicted molar refractivity (Wildman–Crippen MR) is 99.1 cm³/mol. The Morgan fingerprint density at radius 3 is 1.83 bits per heavy atom. The lowest BCUT2D eigenvalue weighted by atomic mass is 9.99. The third-order valence-corrected chi connectivity index (χ3v) is 3.62. The van der Waals surface area contributed by atoms with Crippen molar-refractivity contribution in [3.8, 4) is 0 Å². The van der Waals surface area contributed by atoms with Crippen LogP contribution >= 0.6 is 12.4 Å². The Labute approximate surface area is 151 Å². The zero-order valence-electron chi connectivity index (χ0n) is 14.6. The molecule has 24 heavy (non-hydrogen) atoms. The predicted octanol–water partition coefficient (Wildman–Crippen LogP) is 0.410. The van der Waals surface area contributed by atoms with E-state index in [9.17, 15) is 5.11 Å². The highest BCUT2D eigenvalue weighted by Gasteiger charge is 2.21. The van der Waals surface area contributed by atoms with Gasteiger partial charge in [-0.25, -0.2) is 0 Å². The van der Waals surface area contributed by atoms with Crippen LogP contribution in [0.2, 0.25) is 0 Å². The number of hydrogen-bond donors (Lipinski definition) is 6. The van der Waals surface area contributed by atoms with E-state index in [0.29, 0.717) is 19.4 Å². The molecule has 0 spiro atoms. The van der Waals surface area contributed by atoms with Crippen molar-refractivity contribution in [2.24, 2.45) is 5.73 Å². The molecule has 0 radical (unpaired) electrons. The van der Waals surface area contributed by atoms with E-state index in [1.165, 1.54) is 5.56 Å². The van der Waals surface area contributed by atoms with Gasteiger partial charge in [-0.1, -0.05) is 30.3 Å². The zero-order valence-corrected chi connectivity index (χ0v) is 15.4. The van der Waals surface area contributed by atoms with Crippen molar-refractivity contribution in [3.05, 3.63) is 35.9 Å². The Hall–Kier alpha value is -0.730. The van der Waals surface area contributed by atoms with Gasteiger partial charge in [0, 0.05) is 30.8 Å². The third kappa shape index (κ3) is 11.8. The molecule has 6 nitrogen and oxygen atoms in total. The van der Waals surface area contributed by atoms with Gasteiger partial charge in [-0.3, -0.25) is 0 Å². The minimum absolute atomic E-state index is 0. The number of aliphatic hydroxyl groups excluding tert-OH is 4. The molecule has 0 amide bonds. The highest BCUT2D eigenvalue weighted by Crippen LogP contribution is 2.09. The fourth-order valence-corrected chi connectivity index (χ4v) is 1.72. The number of nitrogens with two attached hydrogens (primary N) is 1. The van der Waals surface area contributed by atoms with Crippen molar-refractivity contribution in [1.29, 1.82) is 0 Å². The maximum Gasteiger partial charge on any atom is 0.0611 e. The third-order valence-electron chi connectivity index (χ3n) is 3.62. The average Bonchev–Trinajstić information content (AvgIpc) is 2.55. The maximum absolute atomic E-state index is 9.22. The van der Waals surface area contributed by atoms with Crippen LogP contribution < -0.4 is 11.1 Å². The molecule has 0 bridgehead atoms. The van der Waals surface area contributed by atoms with Crippen molar-refractivity contribution >= 4 is 12.4 Å². The van der Waals surface area contributed by atoms with Crippen LogP contribution in [0, 0.1) is 0 Å². The normalized spacial score (nSPS) is 15.3. The second-order valence-corrected chi connectivity index (χ2v) is 6.32. The molecule has 1 rings (SSSR count). The summed E-state index contributed by atoms with van der Waals surface area (Å²) in [4.78, 5) is 0. The van der Waals surface area contributed by atoms with E-state index >= 15 is 0 Å². The molecule has 1 aromatic rings. The summed E-state index contributed by atoms with van der Waals surface area (Å²) in [5.41, 5.74) is 5.59. The standard InChI is InChI=1S/C12H19NO2.C5H13NO2.ClH/c1-12(10-15,7-8-14)13-9-11-5-3-2-4-6-11;1-5(6,4-8)2-3-7;/h2-6,13-15H,7-10H2,1H3;7-8H,2-4,6H2,1H3;1H. The fourth-order valence-electron chi connectivity index (χ4n) is 1.72. The van der Waals surface area contributed by atoms with E-state index in [0.717, 1.165) is 0 Å². The van der Waals surface area contributed by atoms with Crippen LogP contribution in [0.4, 0.5) is 0 Å². The van der Waals surface area contributed by atoms with Gasteiger partial charge in [0.05, 0.1) is 13.2 Å². The van der Waals surface area contributed by atoms with Crippen LogP contribution in [-0.4, -0.2) is 57.9 Å². The van der Waals surface area contributed by atoms with Gasteiger partial charge in [0.15, 0.2) is 0 Å². The van der Waals surface area contributed by atoms with E-state index in [-0.39, 0.29) is 38.8 Å². The van der Waals surface area contributed by atoms with E-state index in [2.05, 4.69) is 5.32 Å². The molecule has 2 unspecified atom stereocenters. The van der Waals surface area contributed by atoms with Crippen molar-refractivity contribution in [2.45, 2.75) is 44.3 Å². The fraction of sp³-hybridized carbons (Fsp3) is 0.647. The molecule has 2 atom stereocenters. The maximum atomic E-state index is 9.22. The van der Waals surface area contributed by atoms with Crippen LogP contribution in [0.1, 0.15) is 32.3 Å². The smallest absolute Gasteiger partial charge is 0.0611 e. The summed E-state index contributed by atoms with van der Waals surface area (Å²) in [6.07, 6.45) is 1.000. The first kappa shape index (κ1) is 25.5. The minimum atomic E-state index is -0.602. The molecule has 7 heteroatoms. The largest absolute Gasteiger partial charge is 0.396 e. The van der Waals surface area contributed by atoms with Gasteiger partial charge in [-0.05, 0) is 32.3 Å². The number of benzene rings is 1. The van der Waals surface area contributed by atoms with Crippen molar-refractivity contribution in [1.82, 2.24) is 5.32 Å². The topological polar surface area (TPSA) is 119 Å². The Morgan fingerprint density at radius 1 is 0.917 bits per heavy atom. The molecule has 0 aromatic heterocycles. The molecular weight excluding hydrogens is 332 g/mol. The summed E-state index contributed by atoms with van der Waals surface area (Å²) >= 11 is 0. The van der Waals surface area contributed by atoms with Gasteiger partial charge >= 0.3 is 0 Å². The molecule has 0 heterocycles. The lowest BCUT2D eigenvalue weighted by Crippen LogP contribution is -2.45. The van der Waals surface area contributed by atoms with Gasteiger partial charge in [-0.15, -0.1) is 12.4 Å². The summed E-state index contributed by atoms with van der Waals surface area (Å²) in [7, 11) is 0. The zero-order chi connectivity index (χ0) is 17.8. The van der Waals surface area contributed by atoms with Crippen LogP contribution in [-0.2, 0) is 6.54 Å².